The van der Waals surface area contributed by atoms with Crippen molar-refractivity contribution in [2.24, 2.45) is 0 Å². The molecule has 1 aromatic heterocycles. The van der Waals surface area contributed by atoms with Crippen molar-refractivity contribution in [3.8, 4) is 0 Å². The zero-order valence-corrected chi connectivity index (χ0v) is 11.1. The number of aryl methyl sites for hydroxylation is 1. The molecule has 0 aromatic carbocycles. The quantitative estimate of drug-likeness (QED) is 0.719. The normalized spacial score (nSPS) is 11.9. The molecule has 19 heavy (non-hydrogen) atoms. The van der Waals surface area contributed by atoms with E-state index in [9.17, 15) is 9.59 Å². The predicted octanol–water partition coefficient (Wildman–Crippen LogP) is 1.12. The van der Waals surface area contributed by atoms with E-state index in [1.54, 1.807) is 14.0 Å². The second kappa shape index (κ2) is 6.79. The van der Waals surface area contributed by atoms with Crippen molar-refractivity contribution in [1.29, 1.82) is 0 Å². The highest BCUT2D eigenvalue weighted by Crippen LogP contribution is 2.14. The Labute approximate surface area is 110 Å². The van der Waals surface area contributed by atoms with Gasteiger partial charge in [-0.25, -0.2) is 9.59 Å². The lowest BCUT2D eigenvalue weighted by Gasteiger charge is -2.11. The maximum atomic E-state index is 11.4. The monoisotopic (exact) mass is 270 g/mol. The molecule has 0 spiro atoms. The van der Waals surface area contributed by atoms with Crippen molar-refractivity contribution in [3.63, 3.8) is 0 Å². The number of carboxylic acids is 1. The molecule has 7 heteroatoms. The van der Waals surface area contributed by atoms with E-state index >= 15 is 0 Å². The summed E-state index contributed by atoms with van der Waals surface area (Å²) in [6.45, 7) is 3.91. The number of furan rings is 1. The average Bonchev–Trinajstić information content (AvgIpc) is 2.74. The SMILES string of the molecule is COC(C)CNC(=O)NCc1cc(C(=O)O)c(C)o1. The molecular weight excluding hydrogens is 252 g/mol. The minimum atomic E-state index is -1.05. The number of carboxylic acid groups (broad SMARTS) is 1. The number of ether oxygens (including phenoxy) is 1. The van der Waals surface area contributed by atoms with Crippen LogP contribution in [0.15, 0.2) is 10.5 Å². The first-order valence-corrected chi connectivity index (χ1v) is 5.81. The molecule has 1 heterocycles. The van der Waals surface area contributed by atoms with E-state index in [0.717, 1.165) is 0 Å². The highest BCUT2D eigenvalue weighted by Gasteiger charge is 2.14. The van der Waals surface area contributed by atoms with Gasteiger partial charge >= 0.3 is 12.0 Å². The molecule has 0 saturated heterocycles. The van der Waals surface area contributed by atoms with Crippen molar-refractivity contribution in [3.05, 3.63) is 23.2 Å². The predicted molar refractivity (Wildman–Crippen MR) is 67.1 cm³/mol. The Bertz CT molecular complexity index is 455. The average molecular weight is 270 g/mol. The smallest absolute Gasteiger partial charge is 0.339 e. The van der Waals surface area contributed by atoms with Crippen molar-refractivity contribution in [2.45, 2.75) is 26.5 Å². The number of hydrogen-bond donors (Lipinski definition) is 3. The Balaban J connectivity index is 2.42. The number of aromatic carboxylic acids is 1. The molecule has 0 radical (unpaired) electrons. The van der Waals surface area contributed by atoms with Gasteiger partial charge in [0.15, 0.2) is 0 Å². The molecule has 1 unspecified atom stereocenters. The summed E-state index contributed by atoms with van der Waals surface area (Å²) in [6.07, 6.45) is -0.0739. The fourth-order valence-corrected chi connectivity index (χ4v) is 1.39. The molecule has 0 saturated carbocycles. The molecule has 3 N–H and O–H groups in total. The second-order valence-corrected chi connectivity index (χ2v) is 4.10. The topological polar surface area (TPSA) is 101 Å². The minimum Gasteiger partial charge on any atom is -0.478 e. The van der Waals surface area contributed by atoms with E-state index in [4.69, 9.17) is 14.3 Å². The van der Waals surface area contributed by atoms with Gasteiger partial charge in [-0.15, -0.1) is 0 Å². The molecule has 1 rings (SSSR count). The first-order valence-electron chi connectivity index (χ1n) is 5.81. The number of urea groups is 1. The van der Waals surface area contributed by atoms with Gasteiger partial charge in [-0.3, -0.25) is 0 Å². The first-order chi connectivity index (χ1) is 8.93. The van der Waals surface area contributed by atoms with Crippen LogP contribution >= 0.6 is 0 Å². The fraction of sp³-hybridized carbons (Fsp3) is 0.500. The zero-order valence-electron chi connectivity index (χ0n) is 11.1. The van der Waals surface area contributed by atoms with Crippen LogP contribution in [0.25, 0.3) is 0 Å². The molecule has 0 aliphatic heterocycles. The molecule has 7 nitrogen and oxygen atoms in total. The third-order valence-corrected chi connectivity index (χ3v) is 2.57. The molecule has 0 aliphatic rings. The summed E-state index contributed by atoms with van der Waals surface area (Å²) in [5.74, 6) is -0.339. The summed E-state index contributed by atoms with van der Waals surface area (Å²) < 4.78 is 10.2. The number of carbonyl (C=O) groups is 2. The van der Waals surface area contributed by atoms with E-state index in [0.29, 0.717) is 18.1 Å². The zero-order chi connectivity index (χ0) is 14.4. The van der Waals surface area contributed by atoms with Crippen LogP contribution in [-0.2, 0) is 11.3 Å². The van der Waals surface area contributed by atoms with Crippen molar-refractivity contribution in [2.75, 3.05) is 13.7 Å². The van der Waals surface area contributed by atoms with E-state index in [2.05, 4.69) is 10.6 Å². The molecular formula is C12H18N2O5. The maximum absolute atomic E-state index is 11.4. The second-order valence-electron chi connectivity index (χ2n) is 4.10. The first kappa shape index (κ1) is 15.0. The van der Waals surface area contributed by atoms with Gasteiger partial charge in [-0.2, -0.15) is 0 Å². The summed E-state index contributed by atoms with van der Waals surface area (Å²) in [6, 6.07) is 1.03. The highest BCUT2D eigenvalue weighted by atomic mass is 16.5. The number of carbonyl (C=O) groups excluding carboxylic acids is 1. The Morgan fingerprint density at radius 1 is 1.47 bits per heavy atom. The van der Waals surface area contributed by atoms with E-state index < -0.39 is 5.97 Å². The number of nitrogens with one attached hydrogen (secondary N) is 2. The number of methoxy groups -OCH3 is 1. The Morgan fingerprint density at radius 3 is 2.68 bits per heavy atom. The Kier molecular flexibility index (Phi) is 5.37. The summed E-state index contributed by atoms with van der Waals surface area (Å²) in [7, 11) is 1.56. The third kappa shape index (κ3) is 4.63. The molecule has 2 amide bonds. The third-order valence-electron chi connectivity index (χ3n) is 2.57. The maximum Gasteiger partial charge on any atom is 0.339 e. The van der Waals surface area contributed by atoms with Gasteiger partial charge in [0, 0.05) is 13.7 Å². The summed E-state index contributed by atoms with van der Waals surface area (Å²) in [5, 5.41) is 14.0. The van der Waals surface area contributed by atoms with Gasteiger partial charge in [0.1, 0.15) is 17.1 Å². The van der Waals surface area contributed by atoms with E-state index in [1.165, 1.54) is 6.07 Å². The van der Waals surface area contributed by atoms with Gasteiger partial charge in [0.2, 0.25) is 0 Å². The summed E-state index contributed by atoms with van der Waals surface area (Å²) in [4.78, 5) is 22.2. The molecule has 0 fully saturated rings. The van der Waals surface area contributed by atoms with Crippen LogP contribution in [0.2, 0.25) is 0 Å². The Hall–Kier alpha value is -2.02. The molecule has 106 valence electrons. The summed E-state index contributed by atoms with van der Waals surface area (Å²) in [5.41, 5.74) is 0.102. The van der Waals surface area contributed by atoms with Crippen LogP contribution in [0.4, 0.5) is 4.79 Å². The van der Waals surface area contributed by atoms with Crippen LogP contribution in [0, 0.1) is 6.92 Å². The molecule has 0 bridgehead atoms. The molecule has 0 aliphatic carbocycles. The largest absolute Gasteiger partial charge is 0.478 e. The van der Waals surface area contributed by atoms with Crippen LogP contribution in [0.1, 0.15) is 28.8 Å². The van der Waals surface area contributed by atoms with Crippen LogP contribution in [0.3, 0.4) is 0 Å². The summed E-state index contributed by atoms with van der Waals surface area (Å²) >= 11 is 0. The Morgan fingerprint density at radius 2 is 2.16 bits per heavy atom. The number of rotatable bonds is 6. The lowest BCUT2D eigenvalue weighted by atomic mass is 10.2. The van der Waals surface area contributed by atoms with Crippen LogP contribution in [-0.4, -0.2) is 36.9 Å². The van der Waals surface area contributed by atoms with Crippen LogP contribution in [0.5, 0.6) is 0 Å². The van der Waals surface area contributed by atoms with Gasteiger partial charge in [-0.1, -0.05) is 0 Å². The minimum absolute atomic E-state index is 0.0739. The lowest BCUT2D eigenvalue weighted by Crippen LogP contribution is -2.39. The van der Waals surface area contributed by atoms with Gasteiger partial charge < -0.3 is 24.9 Å². The van der Waals surface area contributed by atoms with Crippen molar-refractivity contribution >= 4 is 12.0 Å². The fourth-order valence-electron chi connectivity index (χ4n) is 1.39. The van der Waals surface area contributed by atoms with E-state index in [1.807, 2.05) is 6.92 Å². The standard InChI is InChI=1S/C12H18N2O5/c1-7(18-3)5-13-12(17)14-6-9-4-10(11(15)16)8(2)19-9/h4,7H,5-6H2,1-3H3,(H,15,16)(H2,13,14,17). The van der Waals surface area contributed by atoms with Gasteiger partial charge in [0.05, 0.1) is 12.6 Å². The van der Waals surface area contributed by atoms with Crippen LogP contribution < -0.4 is 10.6 Å². The van der Waals surface area contributed by atoms with Gasteiger partial charge in [-0.05, 0) is 19.9 Å². The number of amides is 2. The highest BCUT2D eigenvalue weighted by molar-refractivity contribution is 5.88. The number of hydrogen-bond acceptors (Lipinski definition) is 4. The van der Waals surface area contributed by atoms with Crippen molar-refractivity contribution in [1.82, 2.24) is 10.6 Å². The van der Waals surface area contributed by atoms with Gasteiger partial charge in [0.25, 0.3) is 0 Å². The van der Waals surface area contributed by atoms with Crippen molar-refractivity contribution < 1.29 is 23.8 Å². The molecule has 1 aromatic rings. The molecule has 1 atom stereocenters. The van der Waals surface area contributed by atoms with E-state index in [-0.39, 0.29) is 24.2 Å². The lowest BCUT2D eigenvalue weighted by molar-refractivity contribution is 0.0695.